The monoisotopic (exact) mass is 300 g/mol. The Hall–Kier alpha value is -2.09. The molecule has 1 aromatic carbocycles. The molecule has 0 radical (unpaired) electrons. The third-order valence-corrected chi connectivity index (χ3v) is 4.26. The van der Waals surface area contributed by atoms with Crippen LogP contribution in [0.2, 0.25) is 0 Å². The van der Waals surface area contributed by atoms with Crippen LogP contribution in [0.3, 0.4) is 0 Å². The van der Waals surface area contributed by atoms with Crippen molar-refractivity contribution in [2.24, 2.45) is 0 Å². The molecule has 0 fully saturated rings. The molecule has 0 aliphatic heterocycles. The summed E-state index contributed by atoms with van der Waals surface area (Å²) in [6.45, 7) is 1.08. The summed E-state index contributed by atoms with van der Waals surface area (Å²) < 4.78 is 25.6. The fraction of sp³-hybridized carbons (Fsp3) is 0.333. The highest BCUT2D eigenvalue weighted by atomic mass is 32.2. The number of amides is 1. The molecule has 0 bridgehead atoms. The molecular weight excluding hydrogens is 284 g/mol. The number of anilines is 1. The van der Waals surface area contributed by atoms with Crippen LogP contribution in [-0.2, 0) is 14.8 Å². The molecule has 1 unspecified atom stereocenters. The number of nitrogens with zero attached hydrogens (tertiary/aromatic N) is 1. The molecule has 110 valence electrons. The summed E-state index contributed by atoms with van der Waals surface area (Å²) in [4.78, 5) is 23.7. The van der Waals surface area contributed by atoms with Gasteiger partial charge in [-0.05, 0) is 31.2 Å². The molecule has 0 aliphatic carbocycles. The molecule has 0 heterocycles. The maximum atomic E-state index is 11.7. The quantitative estimate of drug-likeness (QED) is 0.829. The van der Waals surface area contributed by atoms with Gasteiger partial charge in [-0.3, -0.25) is 14.3 Å². The van der Waals surface area contributed by atoms with Gasteiger partial charge < -0.3 is 10.0 Å². The van der Waals surface area contributed by atoms with E-state index < -0.39 is 21.2 Å². The Balaban J connectivity index is 2.91. The van der Waals surface area contributed by atoms with Crippen molar-refractivity contribution >= 4 is 27.6 Å². The second-order valence-corrected chi connectivity index (χ2v) is 6.41. The van der Waals surface area contributed by atoms with Crippen LogP contribution in [0.5, 0.6) is 0 Å². The molecule has 2 N–H and O–H groups in total. The van der Waals surface area contributed by atoms with Crippen molar-refractivity contribution in [3.8, 4) is 0 Å². The number of rotatable bonds is 5. The molecule has 1 aromatic rings. The van der Waals surface area contributed by atoms with Crippen molar-refractivity contribution in [3.63, 3.8) is 0 Å². The molecule has 0 aliphatic rings. The summed E-state index contributed by atoms with van der Waals surface area (Å²) in [7, 11) is -0.798. The van der Waals surface area contributed by atoms with Crippen molar-refractivity contribution in [1.29, 1.82) is 0 Å². The minimum Gasteiger partial charge on any atom is -0.480 e. The van der Waals surface area contributed by atoms with E-state index in [2.05, 4.69) is 4.72 Å². The van der Waals surface area contributed by atoms with Crippen LogP contribution >= 0.6 is 0 Å². The summed E-state index contributed by atoms with van der Waals surface area (Å²) in [5.74, 6) is -1.64. The smallest absolute Gasteiger partial charge is 0.323 e. The van der Waals surface area contributed by atoms with Gasteiger partial charge in [-0.15, -0.1) is 0 Å². The number of aliphatic carboxylic acids is 1. The number of hydrogen-bond donors (Lipinski definition) is 2. The van der Waals surface area contributed by atoms with Gasteiger partial charge in [0.15, 0.2) is 5.25 Å². The topological polar surface area (TPSA) is 104 Å². The van der Waals surface area contributed by atoms with Gasteiger partial charge in [-0.25, -0.2) is 8.42 Å². The first-order chi connectivity index (χ1) is 9.15. The third-order valence-electron chi connectivity index (χ3n) is 2.61. The molecule has 7 nitrogen and oxygen atoms in total. The SMILES string of the molecule is CC(C(=O)O)S(=O)(=O)Nc1ccc(C(=O)N(C)C)cc1. The highest BCUT2D eigenvalue weighted by Crippen LogP contribution is 2.14. The zero-order valence-electron chi connectivity index (χ0n) is 11.3. The number of sulfonamides is 1. The number of hydrogen-bond acceptors (Lipinski definition) is 4. The van der Waals surface area contributed by atoms with Crippen LogP contribution in [0.15, 0.2) is 24.3 Å². The van der Waals surface area contributed by atoms with Gasteiger partial charge in [0.05, 0.1) is 0 Å². The average Bonchev–Trinajstić information content (AvgIpc) is 2.37. The summed E-state index contributed by atoms with van der Waals surface area (Å²) in [5.41, 5.74) is 0.609. The van der Waals surface area contributed by atoms with Crippen LogP contribution in [0.4, 0.5) is 5.69 Å². The molecule has 20 heavy (non-hydrogen) atoms. The Bertz CT molecular complexity index is 607. The predicted octanol–water partition coefficient (Wildman–Crippen LogP) is 0.603. The van der Waals surface area contributed by atoms with Crippen molar-refractivity contribution < 1.29 is 23.1 Å². The van der Waals surface area contributed by atoms with Gasteiger partial charge in [0.25, 0.3) is 5.91 Å². The van der Waals surface area contributed by atoms with Crippen LogP contribution in [0.25, 0.3) is 0 Å². The number of carbonyl (C=O) groups is 2. The van der Waals surface area contributed by atoms with E-state index in [1.54, 1.807) is 14.1 Å². The van der Waals surface area contributed by atoms with Crippen molar-refractivity contribution in [3.05, 3.63) is 29.8 Å². The van der Waals surface area contributed by atoms with Gasteiger partial charge in [-0.1, -0.05) is 0 Å². The maximum Gasteiger partial charge on any atom is 0.323 e. The first-order valence-corrected chi connectivity index (χ1v) is 7.26. The number of carbonyl (C=O) groups excluding carboxylic acids is 1. The lowest BCUT2D eigenvalue weighted by atomic mass is 10.2. The highest BCUT2D eigenvalue weighted by Gasteiger charge is 2.27. The zero-order chi connectivity index (χ0) is 15.5. The van der Waals surface area contributed by atoms with E-state index in [0.717, 1.165) is 6.92 Å². The standard InChI is InChI=1S/C12H16N2O5S/c1-8(12(16)17)20(18,19)13-10-6-4-9(5-7-10)11(15)14(2)3/h4-8,13H,1-3H3,(H,16,17). The number of carboxylic acid groups (broad SMARTS) is 1. The Morgan fingerprint density at radius 1 is 1.20 bits per heavy atom. The number of nitrogens with one attached hydrogen (secondary N) is 1. The van der Waals surface area contributed by atoms with E-state index in [1.165, 1.54) is 29.2 Å². The van der Waals surface area contributed by atoms with Gasteiger partial charge in [-0.2, -0.15) is 0 Å². The van der Waals surface area contributed by atoms with Gasteiger partial charge in [0.2, 0.25) is 10.0 Å². The van der Waals surface area contributed by atoms with Crippen LogP contribution in [-0.4, -0.2) is 49.6 Å². The first kappa shape index (κ1) is 16.0. The minimum atomic E-state index is -4.01. The molecular formula is C12H16N2O5S. The lowest BCUT2D eigenvalue weighted by Gasteiger charge is -2.13. The van der Waals surface area contributed by atoms with E-state index in [9.17, 15) is 18.0 Å². The Labute approximate surface area is 117 Å². The van der Waals surface area contributed by atoms with E-state index >= 15 is 0 Å². The Morgan fingerprint density at radius 2 is 1.70 bits per heavy atom. The molecule has 1 amide bonds. The third kappa shape index (κ3) is 3.70. The van der Waals surface area contributed by atoms with Gasteiger partial charge >= 0.3 is 5.97 Å². The Morgan fingerprint density at radius 3 is 2.10 bits per heavy atom. The van der Waals surface area contributed by atoms with E-state index in [1.807, 2.05) is 0 Å². The second kappa shape index (κ2) is 5.91. The molecule has 0 saturated carbocycles. The molecule has 0 spiro atoms. The van der Waals surface area contributed by atoms with E-state index in [0.29, 0.717) is 5.56 Å². The average molecular weight is 300 g/mol. The molecule has 8 heteroatoms. The summed E-state index contributed by atoms with van der Waals surface area (Å²) in [5, 5.41) is 7.14. The van der Waals surface area contributed by atoms with Crippen LogP contribution in [0.1, 0.15) is 17.3 Å². The number of carboxylic acids is 1. The summed E-state index contributed by atoms with van der Waals surface area (Å²) in [6.07, 6.45) is 0. The second-order valence-electron chi connectivity index (χ2n) is 4.40. The fourth-order valence-corrected chi connectivity index (χ4v) is 2.23. The van der Waals surface area contributed by atoms with E-state index in [-0.39, 0.29) is 11.6 Å². The lowest BCUT2D eigenvalue weighted by molar-refractivity contribution is -0.136. The summed E-state index contributed by atoms with van der Waals surface area (Å²) >= 11 is 0. The largest absolute Gasteiger partial charge is 0.480 e. The molecule has 0 aromatic heterocycles. The van der Waals surface area contributed by atoms with E-state index in [4.69, 9.17) is 5.11 Å². The first-order valence-electron chi connectivity index (χ1n) is 5.71. The van der Waals surface area contributed by atoms with Crippen molar-refractivity contribution in [2.75, 3.05) is 18.8 Å². The maximum absolute atomic E-state index is 11.7. The van der Waals surface area contributed by atoms with Gasteiger partial charge in [0, 0.05) is 25.3 Å². The molecule has 1 rings (SSSR count). The van der Waals surface area contributed by atoms with Gasteiger partial charge in [0.1, 0.15) is 0 Å². The van der Waals surface area contributed by atoms with Crippen LogP contribution < -0.4 is 4.72 Å². The van der Waals surface area contributed by atoms with Crippen LogP contribution in [0, 0.1) is 0 Å². The summed E-state index contributed by atoms with van der Waals surface area (Å²) in [6, 6.07) is 5.74. The fourth-order valence-electron chi connectivity index (χ4n) is 1.32. The highest BCUT2D eigenvalue weighted by molar-refractivity contribution is 7.94. The predicted molar refractivity (Wildman–Crippen MR) is 74.1 cm³/mol. The minimum absolute atomic E-state index is 0.202. The molecule has 1 atom stereocenters. The number of benzene rings is 1. The normalized spacial score (nSPS) is 12.6. The molecule has 0 saturated heterocycles. The van der Waals surface area contributed by atoms with Crippen molar-refractivity contribution in [2.45, 2.75) is 12.2 Å². The zero-order valence-corrected chi connectivity index (χ0v) is 12.1. The van der Waals surface area contributed by atoms with Crippen molar-refractivity contribution in [1.82, 2.24) is 4.90 Å². The lowest BCUT2D eigenvalue weighted by Crippen LogP contribution is -2.32. The Kier molecular flexibility index (Phi) is 4.72.